The highest BCUT2D eigenvalue weighted by Gasteiger charge is 2.45. The Hall–Kier alpha value is -3.07. The summed E-state index contributed by atoms with van der Waals surface area (Å²) in [7, 11) is 1.65. The highest BCUT2D eigenvalue weighted by molar-refractivity contribution is 6.01. The van der Waals surface area contributed by atoms with Crippen LogP contribution in [0.1, 0.15) is 27.8 Å². The zero-order chi connectivity index (χ0) is 19.7. The maximum atomic E-state index is 13.7. The van der Waals surface area contributed by atoms with Gasteiger partial charge in [-0.05, 0) is 67.1 Å². The van der Waals surface area contributed by atoms with E-state index in [1.165, 1.54) is 16.7 Å². The fourth-order valence-electron chi connectivity index (χ4n) is 4.13. The Balaban J connectivity index is 1.72. The Kier molecular flexibility index (Phi) is 4.68. The van der Waals surface area contributed by atoms with Crippen LogP contribution in [0.15, 0.2) is 66.7 Å². The van der Waals surface area contributed by atoms with E-state index in [0.717, 1.165) is 22.6 Å². The standard InChI is InChI=1S/C25H25NO2/c1-17-8-10-21(11-9-17)25(15-19-6-4-5-7-20(19)16-25)24(27)26-23-13-12-22(28-3)14-18(23)2/h4-14H,15-16H2,1-3H3,(H,26,27). The monoisotopic (exact) mass is 371 g/mol. The van der Waals surface area contributed by atoms with Gasteiger partial charge in [-0.15, -0.1) is 0 Å². The molecule has 1 N–H and O–H groups in total. The number of anilines is 1. The Morgan fingerprint density at radius 1 is 0.929 bits per heavy atom. The Morgan fingerprint density at radius 2 is 1.57 bits per heavy atom. The SMILES string of the molecule is COc1ccc(NC(=O)C2(c3ccc(C)cc3)Cc3ccccc3C2)c(C)c1. The second-order valence-corrected chi connectivity index (χ2v) is 7.71. The van der Waals surface area contributed by atoms with E-state index in [-0.39, 0.29) is 5.91 Å². The van der Waals surface area contributed by atoms with E-state index in [1.54, 1.807) is 7.11 Å². The minimum Gasteiger partial charge on any atom is -0.497 e. The molecule has 1 amide bonds. The number of ether oxygens (including phenoxy) is 1. The van der Waals surface area contributed by atoms with Gasteiger partial charge in [-0.2, -0.15) is 0 Å². The fourth-order valence-corrected chi connectivity index (χ4v) is 4.13. The number of carbonyl (C=O) groups is 1. The molecule has 0 aliphatic heterocycles. The third-order valence-corrected chi connectivity index (χ3v) is 5.82. The lowest BCUT2D eigenvalue weighted by atomic mass is 9.76. The zero-order valence-corrected chi connectivity index (χ0v) is 16.6. The first kappa shape index (κ1) is 18.3. The topological polar surface area (TPSA) is 38.3 Å². The van der Waals surface area contributed by atoms with Crippen LogP contribution in [0.4, 0.5) is 5.69 Å². The highest BCUT2D eigenvalue weighted by Crippen LogP contribution is 2.41. The maximum absolute atomic E-state index is 13.7. The first-order chi connectivity index (χ1) is 13.5. The number of nitrogens with one attached hydrogen (secondary N) is 1. The predicted molar refractivity (Wildman–Crippen MR) is 113 cm³/mol. The number of methoxy groups -OCH3 is 1. The van der Waals surface area contributed by atoms with Crippen molar-refractivity contribution in [3.05, 3.63) is 94.5 Å². The van der Waals surface area contributed by atoms with Crippen molar-refractivity contribution < 1.29 is 9.53 Å². The van der Waals surface area contributed by atoms with Crippen LogP contribution in [0.3, 0.4) is 0 Å². The van der Waals surface area contributed by atoms with E-state index in [1.807, 2.05) is 25.1 Å². The van der Waals surface area contributed by atoms with Crippen molar-refractivity contribution in [3.8, 4) is 5.75 Å². The van der Waals surface area contributed by atoms with E-state index in [2.05, 4.69) is 60.8 Å². The van der Waals surface area contributed by atoms with Crippen LogP contribution in [0.5, 0.6) is 5.75 Å². The molecule has 0 heterocycles. The second kappa shape index (κ2) is 7.16. The molecule has 0 fully saturated rings. The molecule has 1 aliphatic rings. The van der Waals surface area contributed by atoms with Crippen molar-refractivity contribution in [2.24, 2.45) is 0 Å². The number of hydrogen-bond donors (Lipinski definition) is 1. The summed E-state index contributed by atoms with van der Waals surface area (Å²) < 4.78 is 5.28. The molecule has 0 spiro atoms. The van der Waals surface area contributed by atoms with Crippen molar-refractivity contribution >= 4 is 11.6 Å². The van der Waals surface area contributed by atoms with Gasteiger partial charge in [0.2, 0.25) is 5.91 Å². The average Bonchev–Trinajstić information content (AvgIpc) is 3.11. The van der Waals surface area contributed by atoms with E-state index in [0.29, 0.717) is 12.8 Å². The van der Waals surface area contributed by atoms with Gasteiger partial charge in [-0.1, -0.05) is 54.1 Å². The summed E-state index contributed by atoms with van der Waals surface area (Å²) in [6.07, 6.45) is 1.43. The molecule has 0 unspecified atom stereocenters. The third-order valence-electron chi connectivity index (χ3n) is 5.82. The van der Waals surface area contributed by atoms with Crippen LogP contribution in [0, 0.1) is 13.8 Å². The van der Waals surface area contributed by atoms with E-state index in [9.17, 15) is 4.79 Å². The number of carbonyl (C=O) groups excluding carboxylic acids is 1. The molecule has 4 rings (SSSR count). The number of amides is 1. The minimum atomic E-state index is -0.593. The number of benzene rings is 3. The smallest absolute Gasteiger partial charge is 0.235 e. The van der Waals surface area contributed by atoms with Crippen LogP contribution >= 0.6 is 0 Å². The summed E-state index contributed by atoms with van der Waals surface area (Å²) in [6.45, 7) is 4.06. The molecule has 28 heavy (non-hydrogen) atoms. The molecule has 142 valence electrons. The zero-order valence-electron chi connectivity index (χ0n) is 16.6. The van der Waals surface area contributed by atoms with E-state index in [4.69, 9.17) is 4.74 Å². The molecule has 0 aromatic heterocycles. The van der Waals surface area contributed by atoms with Crippen molar-refractivity contribution in [2.75, 3.05) is 12.4 Å². The van der Waals surface area contributed by atoms with Crippen LogP contribution in [0.2, 0.25) is 0 Å². The minimum absolute atomic E-state index is 0.0424. The lowest BCUT2D eigenvalue weighted by molar-refractivity contribution is -0.121. The molecule has 3 aromatic carbocycles. The highest BCUT2D eigenvalue weighted by atomic mass is 16.5. The number of rotatable bonds is 4. The molecule has 0 atom stereocenters. The van der Waals surface area contributed by atoms with E-state index >= 15 is 0 Å². The van der Waals surface area contributed by atoms with Gasteiger partial charge in [0.25, 0.3) is 0 Å². The van der Waals surface area contributed by atoms with Gasteiger partial charge < -0.3 is 10.1 Å². The Labute approximate surface area is 166 Å². The lowest BCUT2D eigenvalue weighted by Crippen LogP contribution is -2.41. The number of aryl methyl sites for hydroxylation is 2. The molecule has 0 bridgehead atoms. The maximum Gasteiger partial charge on any atom is 0.235 e. The molecular weight excluding hydrogens is 346 g/mol. The van der Waals surface area contributed by atoms with Gasteiger partial charge in [0.15, 0.2) is 0 Å². The molecule has 1 aliphatic carbocycles. The third kappa shape index (κ3) is 3.18. The van der Waals surface area contributed by atoms with Gasteiger partial charge in [0.1, 0.15) is 5.75 Å². The van der Waals surface area contributed by atoms with Crippen LogP contribution in [-0.4, -0.2) is 13.0 Å². The summed E-state index contributed by atoms with van der Waals surface area (Å²) in [5, 5.41) is 3.20. The van der Waals surface area contributed by atoms with Crippen molar-refractivity contribution in [1.29, 1.82) is 0 Å². The van der Waals surface area contributed by atoms with Crippen molar-refractivity contribution in [3.63, 3.8) is 0 Å². The second-order valence-electron chi connectivity index (χ2n) is 7.71. The summed E-state index contributed by atoms with van der Waals surface area (Å²) in [5.74, 6) is 0.831. The van der Waals surface area contributed by atoms with Gasteiger partial charge in [0, 0.05) is 5.69 Å². The molecule has 0 radical (unpaired) electrons. The van der Waals surface area contributed by atoms with Gasteiger partial charge in [0.05, 0.1) is 12.5 Å². The summed E-state index contributed by atoms with van der Waals surface area (Å²) in [6, 6.07) is 22.5. The quantitative estimate of drug-likeness (QED) is 0.702. The Morgan fingerprint density at radius 3 is 2.14 bits per heavy atom. The first-order valence-corrected chi connectivity index (χ1v) is 9.62. The van der Waals surface area contributed by atoms with Crippen molar-refractivity contribution in [1.82, 2.24) is 0 Å². The summed E-state index contributed by atoms with van der Waals surface area (Å²) in [4.78, 5) is 13.7. The largest absolute Gasteiger partial charge is 0.497 e. The van der Waals surface area contributed by atoms with E-state index < -0.39 is 5.41 Å². The van der Waals surface area contributed by atoms with Crippen LogP contribution in [0.25, 0.3) is 0 Å². The normalized spacial score (nSPS) is 14.4. The fraction of sp³-hybridized carbons (Fsp3) is 0.240. The number of fused-ring (bicyclic) bond motifs is 1. The molecule has 3 heteroatoms. The average molecular weight is 371 g/mol. The molecule has 0 saturated heterocycles. The number of hydrogen-bond acceptors (Lipinski definition) is 2. The van der Waals surface area contributed by atoms with Gasteiger partial charge in [-0.3, -0.25) is 4.79 Å². The van der Waals surface area contributed by atoms with Crippen LogP contribution < -0.4 is 10.1 Å². The predicted octanol–water partition coefficient (Wildman–Crippen LogP) is 4.99. The van der Waals surface area contributed by atoms with Gasteiger partial charge >= 0.3 is 0 Å². The Bertz CT molecular complexity index is 996. The molecular formula is C25H25NO2. The summed E-state index contributed by atoms with van der Waals surface area (Å²) in [5.41, 5.74) is 5.99. The molecule has 3 nitrogen and oxygen atoms in total. The summed E-state index contributed by atoms with van der Waals surface area (Å²) >= 11 is 0. The molecule has 3 aromatic rings. The lowest BCUT2D eigenvalue weighted by Gasteiger charge is -2.29. The van der Waals surface area contributed by atoms with Gasteiger partial charge in [-0.25, -0.2) is 0 Å². The first-order valence-electron chi connectivity index (χ1n) is 9.62. The van der Waals surface area contributed by atoms with Crippen molar-refractivity contribution in [2.45, 2.75) is 32.1 Å². The molecule has 0 saturated carbocycles. The van der Waals surface area contributed by atoms with Crippen LogP contribution in [-0.2, 0) is 23.1 Å².